The third-order valence-corrected chi connectivity index (χ3v) is 1.69. The molecule has 0 heterocycles. The molecule has 0 fully saturated rings. The zero-order valence-corrected chi connectivity index (χ0v) is 6.41. The van der Waals surface area contributed by atoms with Gasteiger partial charge in [0.25, 0.3) is 0 Å². The number of Topliss-reactive ketones (excluding diaryl/α,β-unsaturated/α-hetero) is 1. The molecule has 0 saturated heterocycles. The lowest BCUT2D eigenvalue weighted by atomic mass is 9.98. The number of hydrogen-bond acceptors (Lipinski definition) is 3. The maximum atomic E-state index is 11.3. The molecule has 0 bridgehead atoms. The molecule has 1 aliphatic carbocycles. The van der Waals surface area contributed by atoms with Crippen molar-refractivity contribution < 1.29 is 9.53 Å². The standard InChI is InChI=1S/C8H11NO2/c1-11-7-4-2-3-6(5-9)8(7)10/h2-3,5,7H,4,9H2,1H3. The van der Waals surface area contributed by atoms with Crippen LogP contribution in [0.4, 0.5) is 0 Å². The number of carbonyl (C=O) groups is 1. The second-order valence-corrected chi connectivity index (χ2v) is 2.35. The number of carbonyl (C=O) groups excluding carboxylic acids is 1. The Kier molecular flexibility index (Phi) is 2.44. The number of nitrogens with two attached hydrogens (primary N) is 1. The molecule has 1 atom stereocenters. The normalized spacial score (nSPS) is 27.9. The summed E-state index contributed by atoms with van der Waals surface area (Å²) in [6.07, 6.45) is 5.22. The lowest BCUT2D eigenvalue weighted by molar-refractivity contribution is -0.124. The summed E-state index contributed by atoms with van der Waals surface area (Å²) in [7, 11) is 1.52. The van der Waals surface area contributed by atoms with E-state index >= 15 is 0 Å². The van der Waals surface area contributed by atoms with Gasteiger partial charge in [-0.25, -0.2) is 0 Å². The van der Waals surface area contributed by atoms with Crippen LogP contribution in [0.2, 0.25) is 0 Å². The molecule has 0 aromatic carbocycles. The third-order valence-electron chi connectivity index (χ3n) is 1.69. The van der Waals surface area contributed by atoms with Gasteiger partial charge >= 0.3 is 0 Å². The molecule has 0 aromatic heterocycles. The van der Waals surface area contributed by atoms with E-state index in [4.69, 9.17) is 10.5 Å². The molecule has 2 N–H and O–H groups in total. The zero-order valence-electron chi connectivity index (χ0n) is 6.41. The van der Waals surface area contributed by atoms with Gasteiger partial charge < -0.3 is 10.5 Å². The Hall–Kier alpha value is -1.09. The molecular weight excluding hydrogens is 142 g/mol. The van der Waals surface area contributed by atoms with Gasteiger partial charge in [0.05, 0.1) is 0 Å². The second kappa shape index (κ2) is 3.34. The molecule has 3 heteroatoms. The van der Waals surface area contributed by atoms with Crippen molar-refractivity contribution in [1.82, 2.24) is 0 Å². The van der Waals surface area contributed by atoms with Crippen molar-refractivity contribution in [1.29, 1.82) is 0 Å². The molecule has 0 aliphatic heterocycles. The Labute approximate surface area is 65.5 Å². The fraction of sp³-hybridized carbons (Fsp3) is 0.375. The predicted molar refractivity (Wildman–Crippen MR) is 41.8 cm³/mol. The van der Waals surface area contributed by atoms with Crippen LogP contribution in [0.3, 0.4) is 0 Å². The summed E-state index contributed by atoms with van der Waals surface area (Å²) in [5.74, 6) is -0.0301. The Balaban J connectivity index is 2.82. The molecule has 60 valence electrons. The molecule has 0 amide bonds. The highest BCUT2D eigenvalue weighted by atomic mass is 16.5. The van der Waals surface area contributed by atoms with Crippen molar-refractivity contribution in [3.8, 4) is 0 Å². The van der Waals surface area contributed by atoms with Crippen molar-refractivity contribution in [3.63, 3.8) is 0 Å². The van der Waals surface area contributed by atoms with E-state index in [2.05, 4.69) is 0 Å². The quantitative estimate of drug-likeness (QED) is 0.554. The smallest absolute Gasteiger partial charge is 0.193 e. The van der Waals surface area contributed by atoms with E-state index in [1.807, 2.05) is 6.08 Å². The number of ketones is 1. The molecule has 1 unspecified atom stereocenters. The summed E-state index contributed by atoms with van der Waals surface area (Å²) in [6.45, 7) is 0. The molecule has 0 saturated carbocycles. The summed E-state index contributed by atoms with van der Waals surface area (Å²) in [5.41, 5.74) is 5.75. The minimum atomic E-state index is -0.338. The van der Waals surface area contributed by atoms with E-state index in [9.17, 15) is 4.79 Å². The minimum absolute atomic E-state index is 0.0301. The highest BCUT2D eigenvalue weighted by molar-refractivity contribution is 6.02. The first kappa shape index (κ1) is 8.01. The molecule has 1 rings (SSSR count). The summed E-state index contributed by atoms with van der Waals surface area (Å²) in [6, 6.07) is 0. The number of methoxy groups -OCH3 is 1. The highest BCUT2D eigenvalue weighted by Crippen LogP contribution is 2.14. The number of hydrogen-bond donors (Lipinski definition) is 1. The summed E-state index contributed by atoms with van der Waals surface area (Å²) in [5, 5.41) is 0. The fourth-order valence-electron chi connectivity index (χ4n) is 1.03. The topological polar surface area (TPSA) is 52.3 Å². The van der Waals surface area contributed by atoms with Crippen molar-refractivity contribution in [2.75, 3.05) is 7.11 Å². The van der Waals surface area contributed by atoms with Gasteiger partial charge in [0.1, 0.15) is 6.10 Å². The molecule has 11 heavy (non-hydrogen) atoms. The van der Waals surface area contributed by atoms with Crippen LogP contribution < -0.4 is 5.73 Å². The molecule has 1 aliphatic rings. The van der Waals surface area contributed by atoms with Crippen LogP contribution in [0.25, 0.3) is 0 Å². The lowest BCUT2D eigenvalue weighted by Crippen LogP contribution is -2.26. The summed E-state index contributed by atoms with van der Waals surface area (Å²) in [4.78, 5) is 11.3. The average molecular weight is 153 g/mol. The fourth-order valence-corrected chi connectivity index (χ4v) is 1.03. The van der Waals surface area contributed by atoms with E-state index in [0.29, 0.717) is 12.0 Å². The van der Waals surface area contributed by atoms with E-state index in [-0.39, 0.29) is 11.9 Å². The largest absolute Gasteiger partial charge is 0.404 e. The van der Waals surface area contributed by atoms with Gasteiger partial charge in [0.2, 0.25) is 0 Å². The average Bonchev–Trinajstić information content (AvgIpc) is 2.05. The molecule has 0 radical (unpaired) electrons. The van der Waals surface area contributed by atoms with Gasteiger partial charge in [-0.2, -0.15) is 0 Å². The molecular formula is C8H11NO2. The van der Waals surface area contributed by atoms with Crippen LogP contribution in [0, 0.1) is 0 Å². The first-order chi connectivity index (χ1) is 5.29. The second-order valence-electron chi connectivity index (χ2n) is 2.35. The first-order valence-corrected chi connectivity index (χ1v) is 3.45. The van der Waals surface area contributed by atoms with E-state index in [1.165, 1.54) is 13.3 Å². The number of allylic oxidation sites excluding steroid dienone is 1. The zero-order chi connectivity index (χ0) is 8.27. The SMILES string of the molecule is COC1CC=CC(=CN)C1=O. The van der Waals surface area contributed by atoms with Crippen LogP contribution in [0.5, 0.6) is 0 Å². The maximum Gasteiger partial charge on any atom is 0.193 e. The van der Waals surface area contributed by atoms with E-state index in [1.54, 1.807) is 6.08 Å². The monoisotopic (exact) mass is 153 g/mol. The Morgan fingerprint density at radius 3 is 3.09 bits per heavy atom. The predicted octanol–water partition coefficient (Wildman–Crippen LogP) is 0.373. The van der Waals surface area contributed by atoms with Gasteiger partial charge in [-0.1, -0.05) is 12.2 Å². The first-order valence-electron chi connectivity index (χ1n) is 3.45. The maximum absolute atomic E-state index is 11.3. The van der Waals surface area contributed by atoms with Crippen molar-refractivity contribution in [2.45, 2.75) is 12.5 Å². The van der Waals surface area contributed by atoms with Gasteiger partial charge in [-0.15, -0.1) is 0 Å². The van der Waals surface area contributed by atoms with Crippen LogP contribution in [0.1, 0.15) is 6.42 Å². The molecule has 3 nitrogen and oxygen atoms in total. The number of rotatable bonds is 1. The Morgan fingerprint density at radius 2 is 2.55 bits per heavy atom. The summed E-state index contributed by atoms with van der Waals surface area (Å²) < 4.78 is 4.94. The van der Waals surface area contributed by atoms with Gasteiger partial charge in [-0.05, 0) is 6.42 Å². The Bertz CT molecular complexity index is 218. The van der Waals surface area contributed by atoms with Crippen LogP contribution >= 0.6 is 0 Å². The van der Waals surface area contributed by atoms with Gasteiger partial charge in [0.15, 0.2) is 5.78 Å². The van der Waals surface area contributed by atoms with Crippen LogP contribution in [-0.2, 0) is 9.53 Å². The van der Waals surface area contributed by atoms with Crippen molar-refractivity contribution in [3.05, 3.63) is 23.9 Å². The van der Waals surface area contributed by atoms with Gasteiger partial charge in [0, 0.05) is 18.9 Å². The van der Waals surface area contributed by atoms with Crippen LogP contribution in [0.15, 0.2) is 23.9 Å². The van der Waals surface area contributed by atoms with Gasteiger partial charge in [-0.3, -0.25) is 4.79 Å². The van der Waals surface area contributed by atoms with Crippen molar-refractivity contribution >= 4 is 5.78 Å². The third kappa shape index (κ3) is 1.49. The highest BCUT2D eigenvalue weighted by Gasteiger charge is 2.21. The van der Waals surface area contributed by atoms with Crippen LogP contribution in [-0.4, -0.2) is 19.0 Å². The Morgan fingerprint density at radius 1 is 1.82 bits per heavy atom. The lowest BCUT2D eigenvalue weighted by Gasteiger charge is -2.15. The molecule has 0 spiro atoms. The number of ether oxygens (including phenoxy) is 1. The van der Waals surface area contributed by atoms with E-state index < -0.39 is 0 Å². The molecule has 0 aromatic rings. The minimum Gasteiger partial charge on any atom is -0.404 e. The van der Waals surface area contributed by atoms with E-state index in [0.717, 1.165) is 0 Å². The summed E-state index contributed by atoms with van der Waals surface area (Å²) >= 11 is 0. The van der Waals surface area contributed by atoms with Crippen molar-refractivity contribution in [2.24, 2.45) is 5.73 Å².